The highest BCUT2D eigenvalue weighted by Crippen LogP contribution is 2.95. The Hall–Kier alpha value is -4.10. The third kappa shape index (κ3) is 3.81. The Labute approximate surface area is 332 Å². The van der Waals surface area contributed by atoms with Gasteiger partial charge in [0.1, 0.15) is 35.6 Å². The van der Waals surface area contributed by atoms with Crippen LogP contribution in [0.5, 0.6) is 0 Å². The van der Waals surface area contributed by atoms with Crippen molar-refractivity contribution in [3.05, 3.63) is 24.2 Å². The van der Waals surface area contributed by atoms with Crippen LogP contribution in [0.1, 0.15) is 92.7 Å². The highest BCUT2D eigenvalue weighted by Gasteiger charge is 3.11. The van der Waals surface area contributed by atoms with Crippen LogP contribution in [-0.2, 0) is 71.4 Å². The van der Waals surface area contributed by atoms with Crippen molar-refractivity contribution in [2.45, 2.75) is 146 Å². The van der Waals surface area contributed by atoms with E-state index in [1.165, 1.54) is 40.4 Å². The van der Waals surface area contributed by atoms with Gasteiger partial charge in [0.05, 0.1) is 36.4 Å². The molecule has 8 fully saturated rings. The van der Waals surface area contributed by atoms with Crippen molar-refractivity contribution in [1.82, 2.24) is 0 Å². The minimum absolute atomic E-state index is 0.238. The maximum absolute atomic E-state index is 14.8. The Bertz CT molecular complexity index is 2050. The average Bonchev–Trinajstić information content (AvgIpc) is 3.50. The number of furan rings is 1. The van der Waals surface area contributed by atoms with Gasteiger partial charge in [-0.25, -0.2) is 4.79 Å². The molecule has 18 nitrogen and oxygen atoms in total. The zero-order valence-corrected chi connectivity index (χ0v) is 33.6. The summed E-state index contributed by atoms with van der Waals surface area (Å²) in [6.07, 6.45) is -8.61. The molecule has 1 spiro atoms. The minimum Gasteiger partial charge on any atom is -0.472 e. The lowest BCUT2D eigenvalue weighted by Crippen LogP contribution is -2.97. The van der Waals surface area contributed by atoms with Crippen molar-refractivity contribution in [3.8, 4) is 0 Å². The van der Waals surface area contributed by atoms with Crippen LogP contribution < -0.4 is 0 Å². The number of fused-ring (bicyclic) bond motifs is 2. The van der Waals surface area contributed by atoms with Crippen LogP contribution in [0.4, 0.5) is 0 Å². The van der Waals surface area contributed by atoms with Crippen molar-refractivity contribution in [3.63, 3.8) is 0 Å². The van der Waals surface area contributed by atoms with Crippen LogP contribution in [0.2, 0.25) is 0 Å². The third-order valence-electron chi connectivity index (χ3n) is 15.5. The van der Waals surface area contributed by atoms with E-state index < -0.39 is 141 Å². The molecule has 4 bridgehead atoms. The quantitative estimate of drug-likeness (QED) is 0.266. The van der Waals surface area contributed by atoms with Crippen LogP contribution in [0, 0.1) is 33.5 Å². The van der Waals surface area contributed by atoms with Gasteiger partial charge in [0.2, 0.25) is 6.10 Å². The Morgan fingerprint density at radius 2 is 1.59 bits per heavy atom. The molecule has 18 heteroatoms. The molecule has 0 amide bonds. The molecule has 5 saturated carbocycles. The number of carbonyl (C=O) groups is 6. The standard InChI is InChI=1S/C40H48O18/c1-10-22(43)53-31-38(48)30(52-19(5)42)32(6)15-37(38,47)33(7,21(32)13-23(44)49-9)39-26-25(51-18(4)41)35-16-36(35,40(31,39)58-34(8,56-26)57-39)27(55-28(45)17(2)3)29(46)54-24(35)20-11-12-50-14-20/h11-12,14,17,21,24-27,30-31,47-48H,10,13,15-16H2,1-9H3/t21-,24-,25-,26+,27-,30-,31+,32-,33+,34?,35+,36+,37+,38-,39-,40-/m0/s1. The summed E-state index contributed by atoms with van der Waals surface area (Å²) < 4.78 is 62.8. The van der Waals surface area contributed by atoms with Gasteiger partial charge in [0.15, 0.2) is 17.3 Å². The van der Waals surface area contributed by atoms with Gasteiger partial charge in [0, 0.05) is 50.0 Å². The molecule has 1 aromatic heterocycles. The summed E-state index contributed by atoms with van der Waals surface area (Å²) in [6, 6.07) is 1.54. The first kappa shape index (κ1) is 39.4. The Morgan fingerprint density at radius 1 is 0.914 bits per heavy atom. The summed E-state index contributed by atoms with van der Waals surface area (Å²) in [4.78, 5) is 82.7. The van der Waals surface area contributed by atoms with Crippen molar-refractivity contribution < 1.29 is 86.0 Å². The van der Waals surface area contributed by atoms with Gasteiger partial charge in [-0.05, 0) is 24.8 Å². The summed E-state index contributed by atoms with van der Waals surface area (Å²) in [5.41, 5.74) is -16.8. The van der Waals surface area contributed by atoms with Crippen molar-refractivity contribution in [2.24, 2.45) is 33.5 Å². The Kier molecular flexibility index (Phi) is 7.72. The van der Waals surface area contributed by atoms with Crippen LogP contribution >= 0.6 is 0 Å². The van der Waals surface area contributed by atoms with Gasteiger partial charge >= 0.3 is 35.8 Å². The first-order chi connectivity index (χ1) is 27.0. The van der Waals surface area contributed by atoms with E-state index in [2.05, 4.69) is 0 Å². The minimum atomic E-state index is -2.80. The summed E-state index contributed by atoms with van der Waals surface area (Å²) in [7, 11) is 1.18. The maximum atomic E-state index is 14.8. The second kappa shape index (κ2) is 11.4. The lowest BCUT2D eigenvalue weighted by molar-refractivity contribution is -0.453. The molecule has 3 aliphatic heterocycles. The lowest BCUT2D eigenvalue weighted by atomic mass is 9.33. The zero-order chi connectivity index (χ0) is 42.2. The van der Waals surface area contributed by atoms with E-state index in [-0.39, 0.29) is 19.3 Å². The normalized spacial score (nSPS) is 50.6. The van der Waals surface area contributed by atoms with E-state index in [4.69, 9.17) is 47.0 Å². The number of rotatable bonds is 9. The fourth-order valence-electron chi connectivity index (χ4n) is 14.0. The topological polar surface area (TPSA) is 239 Å². The monoisotopic (exact) mass is 816 g/mol. The number of carbonyl (C=O) groups excluding carboxylic acids is 6. The number of cyclic esters (lactones) is 1. The van der Waals surface area contributed by atoms with E-state index in [0.29, 0.717) is 5.56 Å². The van der Waals surface area contributed by atoms with E-state index >= 15 is 0 Å². The fourth-order valence-corrected chi connectivity index (χ4v) is 14.0. The van der Waals surface area contributed by atoms with E-state index in [0.717, 1.165) is 6.92 Å². The van der Waals surface area contributed by atoms with E-state index in [1.54, 1.807) is 33.8 Å². The molecule has 9 rings (SSSR count). The highest BCUT2D eigenvalue weighted by atomic mass is 17.0. The molecule has 3 saturated heterocycles. The molecule has 16 atom stereocenters. The maximum Gasteiger partial charge on any atom is 0.348 e. The van der Waals surface area contributed by atoms with Crippen LogP contribution in [-0.4, -0.2) is 112 Å². The molecule has 2 N–H and O–H groups in total. The number of hydrogen-bond acceptors (Lipinski definition) is 18. The number of aliphatic hydroxyl groups is 2. The van der Waals surface area contributed by atoms with E-state index in [9.17, 15) is 39.0 Å². The fraction of sp³-hybridized carbons (Fsp3) is 0.750. The lowest BCUT2D eigenvalue weighted by Gasteiger charge is -2.76. The molecule has 4 heterocycles. The van der Waals surface area contributed by atoms with Gasteiger partial charge in [-0.2, -0.15) is 0 Å². The molecule has 0 aromatic carbocycles. The highest BCUT2D eigenvalue weighted by molar-refractivity contribution is 5.85. The molecule has 8 aliphatic rings. The molecule has 1 unspecified atom stereocenters. The summed E-state index contributed by atoms with van der Waals surface area (Å²) in [5.74, 6) is -9.24. The zero-order valence-electron chi connectivity index (χ0n) is 33.6. The second-order valence-electron chi connectivity index (χ2n) is 18.3. The van der Waals surface area contributed by atoms with E-state index in [1.807, 2.05) is 0 Å². The second-order valence-corrected chi connectivity index (χ2v) is 18.3. The van der Waals surface area contributed by atoms with Crippen molar-refractivity contribution in [1.29, 1.82) is 0 Å². The molecular weight excluding hydrogens is 768 g/mol. The van der Waals surface area contributed by atoms with Gasteiger partial charge in [-0.15, -0.1) is 0 Å². The molecule has 316 valence electrons. The Morgan fingerprint density at radius 3 is 2.17 bits per heavy atom. The first-order valence-corrected chi connectivity index (χ1v) is 19.6. The van der Waals surface area contributed by atoms with Gasteiger partial charge in [0.25, 0.3) is 5.97 Å². The SMILES string of the molecule is CCC(=O)O[C@@H]1[C@@]2(O)[C@@H](OC(C)=O)[C@@]3(C)C[C@@]2(O)[C@@](C)([C@H]3CC(=O)OC)[C@@]23OC4(C)O[C@@H]2[C@H](OC(C)=O)[C@]25C[C@]2([C@@H](OC(=O)C(C)C)C(=O)O[C@H]5c2ccoc2)[C@@]13O4. The number of hydrogen-bond donors (Lipinski definition) is 2. The van der Waals surface area contributed by atoms with Gasteiger partial charge in [-0.3, -0.25) is 24.0 Å². The predicted octanol–water partition coefficient (Wildman–Crippen LogP) is 1.70. The number of ether oxygens (including phenoxy) is 9. The van der Waals surface area contributed by atoms with Crippen molar-refractivity contribution in [2.75, 3.05) is 7.11 Å². The van der Waals surface area contributed by atoms with Crippen LogP contribution in [0.25, 0.3) is 0 Å². The molecule has 1 aromatic rings. The van der Waals surface area contributed by atoms with Crippen LogP contribution in [0.3, 0.4) is 0 Å². The van der Waals surface area contributed by atoms with Crippen LogP contribution in [0.15, 0.2) is 23.0 Å². The summed E-state index contributed by atoms with van der Waals surface area (Å²) in [6.45, 7) is 11.5. The molecule has 5 aliphatic carbocycles. The number of methoxy groups -OCH3 is 1. The first-order valence-electron chi connectivity index (χ1n) is 19.6. The van der Waals surface area contributed by atoms with Gasteiger partial charge in [-0.1, -0.05) is 34.6 Å². The number of esters is 6. The molecule has 0 radical (unpaired) electrons. The van der Waals surface area contributed by atoms with Crippen molar-refractivity contribution >= 4 is 35.8 Å². The largest absolute Gasteiger partial charge is 0.472 e. The summed E-state index contributed by atoms with van der Waals surface area (Å²) in [5, 5.41) is 27.6. The molecule has 58 heavy (non-hydrogen) atoms. The smallest absolute Gasteiger partial charge is 0.348 e. The third-order valence-corrected chi connectivity index (χ3v) is 15.5. The van der Waals surface area contributed by atoms with Gasteiger partial charge < -0.3 is 57.3 Å². The summed E-state index contributed by atoms with van der Waals surface area (Å²) >= 11 is 0. The average molecular weight is 817 g/mol. The molecular formula is C40H48O18. The predicted molar refractivity (Wildman–Crippen MR) is 185 cm³/mol. The Balaban J connectivity index is 1.45.